The van der Waals surface area contributed by atoms with Gasteiger partial charge in [0.1, 0.15) is 5.75 Å². The van der Waals surface area contributed by atoms with Gasteiger partial charge in [-0.05, 0) is 54.8 Å². The van der Waals surface area contributed by atoms with Crippen molar-refractivity contribution < 1.29 is 19.1 Å². The van der Waals surface area contributed by atoms with E-state index < -0.39 is 5.97 Å². The molecule has 0 aromatic heterocycles. The van der Waals surface area contributed by atoms with Crippen LogP contribution >= 0.6 is 0 Å². The van der Waals surface area contributed by atoms with Crippen LogP contribution in [0.4, 0.5) is 0 Å². The third-order valence-corrected chi connectivity index (χ3v) is 4.24. The van der Waals surface area contributed by atoms with Crippen molar-refractivity contribution in [1.29, 1.82) is 0 Å². The molecule has 2 aromatic rings. The Hall–Kier alpha value is -2.82. The SMILES string of the molecule is COC(=O)c1ccc(C(=O)N[C@H](C)Cc2ccc3c(c2)CCO3)cc1. The van der Waals surface area contributed by atoms with E-state index in [2.05, 4.69) is 16.1 Å². The lowest BCUT2D eigenvalue weighted by atomic mass is 10.0. The number of methoxy groups -OCH3 is 1. The lowest BCUT2D eigenvalue weighted by Gasteiger charge is -2.15. The topological polar surface area (TPSA) is 64.6 Å². The number of hydrogen-bond donors (Lipinski definition) is 1. The predicted molar refractivity (Wildman–Crippen MR) is 94.1 cm³/mol. The van der Waals surface area contributed by atoms with Crippen LogP contribution in [0.1, 0.15) is 38.8 Å². The molecule has 1 amide bonds. The molecule has 0 aliphatic carbocycles. The van der Waals surface area contributed by atoms with Crippen molar-refractivity contribution in [2.75, 3.05) is 13.7 Å². The highest BCUT2D eigenvalue weighted by Gasteiger charge is 2.15. The van der Waals surface area contributed by atoms with Gasteiger partial charge in [-0.3, -0.25) is 4.79 Å². The first kappa shape index (κ1) is 17.0. The Morgan fingerprint density at radius 1 is 1.16 bits per heavy atom. The van der Waals surface area contributed by atoms with E-state index in [0.717, 1.165) is 25.2 Å². The van der Waals surface area contributed by atoms with E-state index in [1.165, 1.54) is 18.2 Å². The molecule has 130 valence electrons. The van der Waals surface area contributed by atoms with E-state index in [0.29, 0.717) is 11.1 Å². The highest BCUT2D eigenvalue weighted by atomic mass is 16.5. The summed E-state index contributed by atoms with van der Waals surface area (Å²) >= 11 is 0. The summed E-state index contributed by atoms with van der Waals surface area (Å²) in [6, 6.07) is 12.6. The second-order valence-corrected chi connectivity index (χ2v) is 6.19. The normalized spacial score (nSPS) is 13.5. The van der Waals surface area contributed by atoms with Gasteiger partial charge in [-0.1, -0.05) is 12.1 Å². The highest BCUT2D eigenvalue weighted by molar-refractivity contribution is 5.96. The van der Waals surface area contributed by atoms with Gasteiger partial charge >= 0.3 is 5.97 Å². The zero-order chi connectivity index (χ0) is 17.8. The van der Waals surface area contributed by atoms with Crippen LogP contribution in [0, 0.1) is 0 Å². The summed E-state index contributed by atoms with van der Waals surface area (Å²) < 4.78 is 10.2. The number of rotatable bonds is 5. The number of amides is 1. The summed E-state index contributed by atoms with van der Waals surface area (Å²) in [5, 5.41) is 2.99. The molecule has 3 rings (SSSR count). The Morgan fingerprint density at radius 2 is 1.88 bits per heavy atom. The van der Waals surface area contributed by atoms with E-state index in [4.69, 9.17) is 4.74 Å². The van der Waals surface area contributed by atoms with Gasteiger partial charge in [-0.25, -0.2) is 4.79 Å². The first-order valence-corrected chi connectivity index (χ1v) is 8.30. The van der Waals surface area contributed by atoms with Crippen LogP contribution in [0.25, 0.3) is 0 Å². The van der Waals surface area contributed by atoms with Crippen molar-refractivity contribution in [3.05, 3.63) is 64.7 Å². The minimum absolute atomic E-state index is 0.00634. The number of fused-ring (bicyclic) bond motifs is 1. The van der Waals surface area contributed by atoms with Crippen LogP contribution in [0.3, 0.4) is 0 Å². The summed E-state index contributed by atoms with van der Waals surface area (Å²) in [6.45, 7) is 2.72. The van der Waals surface area contributed by atoms with Gasteiger partial charge in [0.15, 0.2) is 0 Å². The molecule has 0 bridgehead atoms. The summed E-state index contributed by atoms with van der Waals surface area (Å²) in [5.41, 5.74) is 3.35. The maximum Gasteiger partial charge on any atom is 0.337 e. The fraction of sp³-hybridized carbons (Fsp3) is 0.300. The lowest BCUT2D eigenvalue weighted by molar-refractivity contribution is 0.0600. The second kappa shape index (κ2) is 7.38. The maximum atomic E-state index is 12.3. The predicted octanol–water partition coefficient (Wildman–Crippen LogP) is 2.77. The summed E-state index contributed by atoms with van der Waals surface area (Å²) in [4.78, 5) is 23.8. The first-order chi connectivity index (χ1) is 12.1. The molecule has 0 unspecified atom stereocenters. The molecule has 25 heavy (non-hydrogen) atoms. The number of carbonyl (C=O) groups excluding carboxylic acids is 2. The fourth-order valence-electron chi connectivity index (χ4n) is 2.95. The molecule has 1 heterocycles. The van der Waals surface area contributed by atoms with Crippen molar-refractivity contribution in [2.45, 2.75) is 25.8 Å². The van der Waals surface area contributed by atoms with Gasteiger partial charge in [0, 0.05) is 18.0 Å². The monoisotopic (exact) mass is 339 g/mol. The Labute approximate surface area is 147 Å². The molecule has 0 saturated heterocycles. The van der Waals surface area contributed by atoms with Crippen LogP contribution in [0.5, 0.6) is 5.75 Å². The van der Waals surface area contributed by atoms with E-state index in [1.807, 2.05) is 19.1 Å². The smallest absolute Gasteiger partial charge is 0.337 e. The summed E-state index contributed by atoms with van der Waals surface area (Å²) in [6.07, 6.45) is 1.69. The Bertz CT molecular complexity index is 783. The fourth-order valence-corrected chi connectivity index (χ4v) is 2.95. The Balaban J connectivity index is 1.59. The average Bonchev–Trinajstić information content (AvgIpc) is 3.08. The molecule has 0 radical (unpaired) electrons. The third-order valence-electron chi connectivity index (χ3n) is 4.24. The lowest BCUT2D eigenvalue weighted by Crippen LogP contribution is -2.34. The molecule has 2 aromatic carbocycles. The molecule has 1 aliphatic rings. The number of ether oxygens (including phenoxy) is 2. The first-order valence-electron chi connectivity index (χ1n) is 8.30. The molecule has 5 heteroatoms. The van der Waals surface area contributed by atoms with Crippen molar-refractivity contribution in [3.8, 4) is 5.75 Å². The number of hydrogen-bond acceptors (Lipinski definition) is 4. The van der Waals surface area contributed by atoms with Crippen LogP contribution in [-0.4, -0.2) is 31.6 Å². The van der Waals surface area contributed by atoms with Crippen LogP contribution in [0.15, 0.2) is 42.5 Å². The quantitative estimate of drug-likeness (QED) is 0.851. The van der Waals surface area contributed by atoms with Gasteiger partial charge in [-0.15, -0.1) is 0 Å². The minimum atomic E-state index is -0.416. The van der Waals surface area contributed by atoms with Gasteiger partial charge in [0.05, 0.1) is 19.3 Å². The van der Waals surface area contributed by atoms with Crippen LogP contribution < -0.4 is 10.1 Å². The Kier molecular flexibility index (Phi) is 5.03. The van der Waals surface area contributed by atoms with E-state index in [1.54, 1.807) is 24.3 Å². The maximum absolute atomic E-state index is 12.3. The van der Waals surface area contributed by atoms with Gasteiger partial charge in [-0.2, -0.15) is 0 Å². The van der Waals surface area contributed by atoms with Crippen molar-refractivity contribution in [2.24, 2.45) is 0 Å². The van der Waals surface area contributed by atoms with Crippen molar-refractivity contribution >= 4 is 11.9 Å². The summed E-state index contributed by atoms with van der Waals surface area (Å²) in [5.74, 6) is 0.389. The molecule has 0 saturated carbocycles. The van der Waals surface area contributed by atoms with Gasteiger partial charge in [0.25, 0.3) is 5.91 Å². The zero-order valence-corrected chi connectivity index (χ0v) is 14.4. The number of carbonyl (C=O) groups is 2. The van der Waals surface area contributed by atoms with Crippen molar-refractivity contribution in [1.82, 2.24) is 5.32 Å². The van der Waals surface area contributed by atoms with Crippen LogP contribution in [-0.2, 0) is 17.6 Å². The molecular weight excluding hydrogens is 318 g/mol. The number of benzene rings is 2. The zero-order valence-electron chi connectivity index (χ0n) is 14.4. The summed E-state index contributed by atoms with van der Waals surface area (Å²) in [7, 11) is 1.33. The van der Waals surface area contributed by atoms with E-state index in [9.17, 15) is 9.59 Å². The second-order valence-electron chi connectivity index (χ2n) is 6.19. The van der Waals surface area contributed by atoms with Crippen molar-refractivity contribution in [3.63, 3.8) is 0 Å². The molecule has 1 atom stereocenters. The van der Waals surface area contributed by atoms with E-state index in [-0.39, 0.29) is 11.9 Å². The minimum Gasteiger partial charge on any atom is -0.493 e. The largest absolute Gasteiger partial charge is 0.493 e. The molecule has 1 N–H and O–H groups in total. The Morgan fingerprint density at radius 3 is 2.60 bits per heavy atom. The van der Waals surface area contributed by atoms with Gasteiger partial charge < -0.3 is 14.8 Å². The number of esters is 1. The van der Waals surface area contributed by atoms with Crippen LogP contribution in [0.2, 0.25) is 0 Å². The highest BCUT2D eigenvalue weighted by Crippen LogP contribution is 2.26. The molecule has 1 aliphatic heterocycles. The molecule has 0 spiro atoms. The van der Waals surface area contributed by atoms with E-state index >= 15 is 0 Å². The standard InChI is InChI=1S/C20H21NO4/c1-13(11-14-3-8-18-17(12-14)9-10-25-18)21-19(22)15-4-6-16(7-5-15)20(23)24-2/h3-8,12-13H,9-11H2,1-2H3,(H,21,22)/t13-/m1/s1. The molecule has 5 nitrogen and oxygen atoms in total. The average molecular weight is 339 g/mol. The molecular formula is C20H21NO4. The van der Waals surface area contributed by atoms with Gasteiger partial charge in [0.2, 0.25) is 0 Å². The number of nitrogens with one attached hydrogen (secondary N) is 1. The third kappa shape index (κ3) is 3.99. The molecule has 0 fully saturated rings.